The first-order valence-electron chi connectivity index (χ1n) is 7.49. The van der Waals surface area contributed by atoms with Gasteiger partial charge in [-0.1, -0.05) is 23.2 Å². The topological polar surface area (TPSA) is 72.9 Å². The molecule has 25 heavy (non-hydrogen) atoms. The molecule has 2 aromatic rings. The lowest BCUT2D eigenvalue weighted by Gasteiger charge is -2.14. The summed E-state index contributed by atoms with van der Waals surface area (Å²) in [5.74, 6) is -3.65. The van der Waals surface area contributed by atoms with Gasteiger partial charge < -0.3 is 11.1 Å². The molecule has 5 nitrogen and oxygen atoms in total. The quantitative estimate of drug-likeness (QED) is 0.795. The Balaban J connectivity index is 2.21. The van der Waals surface area contributed by atoms with Crippen molar-refractivity contribution in [1.29, 1.82) is 0 Å². The highest BCUT2D eigenvalue weighted by atomic mass is 35.5. The maximum atomic E-state index is 13.1. The van der Waals surface area contributed by atoms with Crippen molar-refractivity contribution < 1.29 is 13.6 Å². The molecule has 1 aromatic carbocycles. The van der Waals surface area contributed by atoms with E-state index in [4.69, 9.17) is 28.9 Å². The van der Waals surface area contributed by atoms with Gasteiger partial charge in [0.25, 0.3) is 5.92 Å². The second kappa shape index (κ2) is 7.68. The summed E-state index contributed by atoms with van der Waals surface area (Å²) in [5.41, 5.74) is 7.53. The highest BCUT2D eigenvalue weighted by Crippen LogP contribution is 2.27. The predicted octanol–water partition coefficient (Wildman–Crippen LogP) is 3.05. The molecule has 1 heterocycles. The highest BCUT2D eigenvalue weighted by molar-refractivity contribution is 6.35. The molecule has 0 unspecified atom stereocenters. The predicted molar refractivity (Wildman–Crippen MR) is 93.8 cm³/mol. The number of nitrogens with two attached hydrogens (primary N) is 1. The number of aryl methyl sites for hydroxylation is 1. The number of alkyl halides is 2. The standard InChI is InChI=1S/C16H18Cl2F2N4O/c1-9-12(6-15(25)22-8-16(19,20)7-21)10(2)24(23-9)14-4-3-11(17)5-13(14)18/h3-5H,6-8,21H2,1-2H3,(H,22,25). The van der Waals surface area contributed by atoms with Crippen molar-refractivity contribution in [3.63, 3.8) is 0 Å². The van der Waals surface area contributed by atoms with Gasteiger partial charge in [0.05, 0.1) is 35.9 Å². The van der Waals surface area contributed by atoms with Crippen LogP contribution in [0, 0.1) is 13.8 Å². The van der Waals surface area contributed by atoms with Crippen molar-refractivity contribution in [1.82, 2.24) is 15.1 Å². The van der Waals surface area contributed by atoms with Crippen LogP contribution in [0.15, 0.2) is 18.2 Å². The number of halogens is 4. The normalized spacial score (nSPS) is 11.6. The van der Waals surface area contributed by atoms with E-state index in [1.165, 1.54) is 0 Å². The average molecular weight is 391 g/mol. The Kier molecular flexibility index (Phi) is 6.03. The molecule has 0 radical (unpaired) electrons. The van der Waals surface area contributed by atoms with Crippen LogP contribution < -0.4 is 11.1 Å². The lowest BCUT2D eigenvalue weighted by molar-refractivity contribution is -0.122. The minimum absolute atomic E-state index is 0.0659. The van der Waals surface area contributed by atoms with Crippen LogP contribution in [0.25, 0.3) is 5.69 Å². The van der Waals surface area contributed by atoms with Crippen molar-refractivity contribution in [3.8, 4) is 5.69 Å². The number of carbonyl (C=O) groups excluding carboxylic acids is 1. The van der Waals surface area contributed by atoms with E-state index < -0.39 is 24.9 Å². The molecule has 0 bridgehead atoms. The van der Waals surface area contributed by atoms with Gasteiger partial charge in [-0.3, -0.25) is 4.79 Å². The number of aromatic nitrogens is 2. The maximum absolute atomic E-state index is 13.1. The summed E-state index contributed by atoms with van der Waals surface area (Å²) in [6.45, 7) is 1.91. The zero-order chi connectivity index (χ0) is 18.8. The lowest BCUT2D eigenvalue weighted by Crippen LogP contribution is -2.42. The molecule has 0 spiro atoms. The third kappa shape index (κ3) is 4.68. The summed E-state index contributed by atoms with van der Waals surface area (Å²) < 4.78 is 27.9. The van der Waals surface area contributed by atoms with Crippen LogP contribution in [-0.2, 0) is 11.2 Å². The number of hydrogen-bond donors (Lipinski definition) is 2. The number of carbonyl (C=O) groups is 1. The molecule has 2 rings (SSSR count). The van der Waals surface area contributed by atoms with E-state index in [9.17, 15) is 13.6 Å². The van der Waals surface area contributed by atoms with Gasteiger partial charge in [0.1, 0.15) is 0 Å². The molecule has 0 saturated carbocycles. The van der Waals surface area contributed by atoms with Gasteiger partial charge in [-0.05, 0) is 32.0 Å². The van der Waals surface area contributed by atoms with Gasteiger partial charge in [-0.15, -0.1) is 0 Å². The average Bonchev–Trinajstić information content (AvgIpc) is 2.81. The first-order chi connectivity index (χ1) is 11.6. The van der Waals surface area contributed by atoms with Gasteiger partial charge in [0.15, 0.2) is 0 Å². The molecule has 3 N–H and O–H groups in total. The third-order valence-electron chi connectivity index (χ3n) is 3.76. The minimum atomic E-state index is -3.12. The molecule has 0 saturated heterocycles. The summed E-state index contributed by atoms with van der Waals surface area (Å²) in [6.07, 6.45) is -0.0659. The van der Waals surface area contributed by atoms with Crippen molar-refractivity contribution in [3.05, 3.63) is 45.2 Å². The molecular formula is C16H18Cl2F2N4O. The zero-order valence-electron chi connectivity index (χ0n) is 13.7. The second-order valence-electron chi connectivity index (χ2n) is 5.67. The fourth-order valence-electron chi connectivity index (χ4n) is 2.34. The largest absolute Gasteiger partial charge is 0.350 e. The van der Waals surface area contributed by atoms with Gasteiger partial charge in [-0.2, -0.15) is 5.10 Å². The fourth-order valence-corrected chi connectivity index (χ4v) is 2.83. The van der Waals surface area contributed by atoms with E-state index in [0.717, 1.165) is 0 Å². The molecule has 0 aliphatic carbocycles. The maximum Gasteiger partial charge on any atom is 0.277 e. The monoisotopic (exact) mass is 390 g/mol. The fraction of sp³-hybridized carbons (Fsp3) is 0.375. The van der Waals surface area contributed by atoms with Crippen molar-refractivity contribution >= 4 is 29.1 Å². The number of nitrogens with zero attached hydrogens (tertiary/aromatic N) is 2. The number of hydrogen-bond acceptors (Lipinski definition) is 3. The Morgan fingerprint density at radius 1 is 1.36 bits per heavy atom. The molecule has 1 aromatic heterocycles. The van der Waals surface area contributed by atoms with Gasteiger partial charge >= 0.3 is 0 Å². The molecule has 0 fully saturated rings. The third-order valence-corrected chi connectivity index (χ3v) is 4.30. The first kappa shape index (κ1) is 19.6. The summed E-state index contributed by atoms with van der Waals surface area (Å²) in [7, 11) is 0. The number of rotatable bonds is 6. The number of benzene rings is 1. The Hall–Kier alpha value is -1.70. The van der Waals surface area contributed by atoms with Crippen molar-refractivity contribution in [2.45, 2.75) is 26.2 Å². The summed E-state index contributed by atoms with van der Waals surface area (Å²) >= 11 is 12.1. The second-order valence-corrected chi connectivity index (χ2v) is 6.51. The van der Waals surface area contributed by atoms with E-state index in [1.54, 1.807) is 36.7 Å². The van der Waals surface area contributed by atoms with E-state index in [2.05, 4.69) is 10.4 Å². The molecule has 1 amide bonds. The van der Waals surface area contributed by atoms with Crippen LogP contribution in [0.4, 0.5) is 8.78 Å². The minimum Gasteiger partial charge on any atom is -0.350 e. The summed E-state index contributed by atoms with van der Waals surface area (Å²) in [4.78, 5) is 12.0. The van der Waals surface area contributed by atoms with E-state index in [-0.39, 0.29) is 6.42 Å². The smallest absolute Gasteiger partial charge is 0.277 e. The van der Waals surface area contributed by atoms with Crippen LogP contribution >= 0.6 is 23.2 Å². The van der Waals surface area contributed by atoms with Crippen LogP contribution in [0.5, 0.6) is 0 Å². The van der Waals surface area contributed by atoms with E-state index in [1.807, 2.05) is 0 Å². The van der Waals surface area contributed by atoms with Crippen LogP contribution in [0.2, 0.25) is 10.0 Å². The number of amides is 1. The van der Waals surface area contributed by atoms with Gasteiger partial charge in [-0.25, -0.2) is 13.5 Å². The van der Waals surface area contributed by atoms with Crippen LogP contribution in [0.3, 0.4) is 0 Å². The Labute approximate surface area is 154 Å². The van der Waals surface area contributed by atoms with Crippen molar-refractivity contribution in [2.75, 3.05) is 13.1 Å². The summed E-state index contributed by atoms with van der Waals surface area (Å²) in [5, 5.41) is 7.49. The number of nitrogens with one attached hydrogen (secondary N) is 1. The highest BCUT2D eigenvalue weighted by Gasteiger charge is 2.27. The first-order valence-corrected chi connectivity index (χ1v) is 8.25. The lowest BCUT2D eigenvalue weighted by atomic mass is 10.1. The van der Waals surface area contributed by atoms with Gasteiger partial charge in [0, 0.05) is 16.3 Å². The zero-order valence-corrected chi connectivity index (χ0v) is 15.3. The molecule has 9 heteroatoms. The van der Waals surface area contributed by atoms with Crippen LogP contribution in [0.1, 0.15) is 17.0 Å². The summed E-state index contributed by atoms with van der Waals surface area (Å²) in [6, 6.07) is 4.99. The molecule has 0 atom stereocenters. The van der Waals surface area contributed by atoms with E-state index >= 15 is 0 Å². The van der Waals surface area contributed by atoms with Crippen molar-refractivity contribution in [2.24, 2.45) is 5.73 Å². The molecular weight excluding hydrogens is 373 g/mol. The Bertz CT molecular complexity index is 793. The Morgan fingerprint density at radius 3 is 2.64 bits per heavy atom. The molecule has 0 aliphatic heterocycles. The van der Waals surface area contributed by atoms with Gasteiger partial charge in [0.2, 0.25) is 5.91 Å². The molecule has 0 aliphatic rings. The SMILES string of the molecule is Cc1nn(-c2ccc(Cl)cc2Cl)c(C)c1CC(=O)NCC(F)(F)CN. The van der Waals surface area contributed by atoms with E-state index in [0.29, 0.717) is 32.7 Å². The van der Waals surface area contributed by atoms with Crippen LogP contribution in [-0.4, -0.2) is 34.7 Å². The Morgan fingerprint density at radius 2 is 2.04 bits per heavy atom. The molecule has 136 valence electrons.